The smallest absolute Gasteiger partial charge is 0.191 e. The van der Waals surface area contributed by atoms with E-state index in [-0.39, 0.29) is 0 Å². The van der Waals surface area contributed by atoms with Gasteiger partial charge in [-0.25, -0.2) is 0 Å². The molecule has 1 saturated heterocycles. The van der Waals surface area contributed by atoms with Crippen molar-refractivity contribution in [2.45, 2.75) is 90.4 Å². The molecule has 0 radical (unpaired) electrons. The molecule has 3 unspecified atom stereocenters. The molecular weight excluding hydrogens is 324 g/mol. The van der Waals surface area contributed by atoms with Gasteiger partial charge in [0.1, 0.15) is 0 Å². The summed E-state index contributed by atoms with van der Waals surface area (Å²) in [7, 11) is 1.90. The molecule has 5 heteroatoms. The second kappa shape index (κ2) is 8.47. The van der Waals surface area contributed by atoms with Crippen molar-refractivity contribution >= 4 is 5.96 Å². The molecule has 3 aliphatic rings. The van der Waals surface area contributed by atoms with Crippen molar-refractivity contribution < 1.29 is 4.74 Å². The first-order valence-electron chi connectivity index (χ1n) is 10.8. The summed E-state index contributed by atoms with van der Waals surface area (Å²) in [5.41, 5.74) is 0.380. The number of nitrogens with zero attached hydrogens (tertiary/aromatic N) is 2. The molecule has 1 spiro atoms. The van der Waals surface area contributed by atoms with Gasteiger partial charge in [-0.3, -0.25) is 9.89 Å². The predicted octanol–water partition coefficient (Wildman–Crippen LogP) is 3.01. The Bertz CT molecular complexity index is 476. The fourth-order valence-electron chi connectivity index (χ4n) is 5.83. The average molecular weight is 365 g/mol. The first-order chi connectivity index (χ1) is 12.5. The van der Waals surface area contributed by atoms with Crippen LogP contribution in [0.1, 0.15) is 66.2 Å². The van der Waals surface area contributed by atoms with Crippen LogP contribution < -0.4 is 10.6 Å². The lowest BCUT2D eigenvalue weighted by atomic mass is 9.54. The van der Waals surface area contributed by atoms with Crippen molar-refractivity contribution in [3.8, 4) is 0 Å². The minimum atomic E-state index is 0.380. The van der Waals surface area contributed by atoms with E-state index in [0.29, 0.717) is 35.6 Å². The number of hydrogen-bond acceptors (Lipinski definition) is 3. The van der Waals surface area contributed by atoms with Gasteiger partial charge in [-0.05, 0) is 53.4 Å². The quantitative estimate of drug-likeness (QED) is 0.414. The zero-order chi connectivity index (χ0) is 18.7. The van der Waals surface area contributed by atoms with Crippen molar-refractivity contribution in [1.29, 1.82) is 0 Å². The highest BCUT2D eigenvalue weighted by Gasteiger charge is 2.65. The fraction of sp³-hybridized carbons (Fsp3) is 0.952. The van der Waals surface area contributed by atoms with Crippen molar-refractivity contribution in [3.05, 3.63) is 0 Å². The van der Waals surface area contributed by atoms with Gasteiger partial charge in [0.2, 0.25) is 0 Å². The van der Waals surface area contributed by atoms with Crippen LogP contribution in [0.4, 0.5) is 0 Å². The number of nitrogens with one attached hydrogen (secondary N) is 2. The van der Waals surface area contributed by atoms with Gasteiger partial charge in [-0.2, -0.15) is 0 Å². The summed E-state index contributed by atoms with van der Waals surface area (Å²) >= 11 is 0. The minimum Gasteiger partial charge on any atom is -0.377 e. The van der Waals surface area contributed by atoms with Crippen LogP contribution in [0.3, 0.4) is 0 Å². The van der Waals surface area contributed by atoms with Crippen LogP contribution in [-0.4, -0.2) is 61.8 Å². The lowest BCUT2D eigenvalue weighted by Crippen LogP contribution is -2.69. The molecule has 0 aromatic heterocycles. The van der Waals surface area contributed by atoms with E-state index in [9.17, 15) is 0 Å². The highest BCUT2D eigenvalue weighted by molar-refractivity contribution is 5.80. The Balaban J connectivity index is 1.48. The molecule has 0 aromatic rings. The molecule has 3 rings (SSSR count). The van der Waals surface area contributed by atoms with E-state index >= 15 is 0 Å². The third-order valence-corrected chi connectivity index (χ3v) is 7.01. The molecule has 1 heterocycles. The van der Waals surface area contributed by atoms with Gasteiger partial charge < -0.3 is 15.4 Å². The van der Waals surface area contributed by atoms with Crippen LogP contribution in [0.25, 0.3) is 0 Å². The molecular formula is C21H40N4O. The molecule has 3 atom stereocenters. The Hall–Kier alpha value is -0.810. The van der Waals surface area contributed by atoms with E-state index in [1.54, 1.807) is 0 Å². The summed E-state index contributed by atoms with van der Waals surface area (Å²) in [6, 6.07) is 1.75. The zero-order valence-electron chi connectivity index (χ0n) is 17.6. The number of rotatable bonds is 7. The first-order valence-corrected chi connectivity index (χ1v) is 10.8. The monoisotopic (exact) mass is 364 g/mol. The highest BCUT2D eigenvalue weighted by atomic mass is 16.5. The number of guanidine groups is 1. The summed E-state index contributed by atoms with van der Waals surface area (Å²) in [6.45, 7) is 12.2. The third-order valence-electron chi connectivity index (χ3n) is 7.01. The van der Waals surface area contributed by atoms with Crippen LogP contribution in [0.2, 0.25) is 0 Å². The summed E-state index contributed by atoms with van der Waals surface area (Å²) in [5.74, 6) is 1.66. The second-order valence-corrected chi connectivity index (χ2v) is 9.08. The Morgan fingerprint density at radius 2 is 1.88 bits per heavy atom. The molecule has 1 aliphatic heterocycles. The van der Waals surface area contributed by atoms with E-state index in [1.807, 2.05) is 7.05 Å². The van der Waals surface area contributed by atoms with Gasteiger partial charge in [-0.1, -0.05) is 12.8 Å². The standard InChI is InChI=1S/C21H40N4O/c1-15(2)25(16(3)4)13-8-12-23-20(22-5)24-18-17-9-14-26-19(17)21(18)10-6-7-11-21/h15-19H,6-14H2,1-5H3,(H2,22,23,24). The summed E-state index contributed by atoms with van der Waals surface area (Å²) < 4.78 is 6.10. The van der Waals surface area contributed by atoms with Gasteiger partial charge in [0, 0.05) is 56.2 Å². The molecule has 0 bridgehead atoms. The zero-order valence-corrected chi connectivity index (χ0v) is 17.6. The molecule has 2 aliphatic carbocycles. The molecule has 150 valence electrons. The van der Waals surface area contributed by atoms with Gasteiger partial charge in [0.25, 0.3) is 0 Å². The number of fused-ring (bicyclic) bond motifs is 2. The Morgan fingerprint density at radius 3 is 2.50 bits per heavy atom. The molecule has 2 N–H and O–H groups in total. The summed E-state index contributed by atoms with van der Waals surface area (Å²) in [6.07, 6.45) is 8.21. The number of aliphatic imine (C=N–C) groups is 1. The first kappa shape index (κ1) is 19.9. The van der Waals surface area contributed by atoms with Gasteiger partial charge in [-0.15, -0.1) is 0 Å². The van der Waals surface area contributed by atoms with Gasteiger partial charge >= 0.3 is 0 Å². The largest absolute Gasteiger partial charge is 0.377 e. The normalized spacial score (nSPS) is 30.3. The van der Waals surface area contributed by atoms with E-state index in [4.69, 9.17) is 4.74 Å². The Kier molecular flexibility index (Phi) is 6.50. The van der Waals surface area contributed by atoms with Crippen molar-refractivity contribution in [3.63, 3.8) is 0 Å². The van der Waals surface area contributed by atoms with E-state index < -0.39 is 0 Å². The molecule has 0 amide bonds. The van der Waals surface area contributed by atoms with Crippen molar-refractivity contribution in [1.82, 2.24) is 15.5 Å². The molecule has 2 saturated carbocycles. The third kappa shape index (κ3) is 3.75. The topological polar surface area (TPSA) is 48.9 Å². The van der Waals surface area contributed by atoms with Gasteiger partial charge in [0.05, 0.1) is 6.10 Å². The van der Waals surface area contributed by atoms with E-state index in [0.717, 1.165) is 32.1 Å². The summed E-state index contributed by atoms with van der Waals surface area (Å²) in [4.78, 5) is 7.06. The Labute approximate surface area is 160 Å². The molecule has 3 fully saturated rings. The SMILES string of the molecule is CN=C(NCCCN(C(C)C)C(C)C)NC1C2CCOC2C12CCCC2. The predicted molar refractivity (Wildman–Crippen MR) is 109 cm³/mol. The molecule has 26 heavy (non-hydrogen) atoms. The average Bonchev–Trinajstić information content (AvgIpc) is 3.24. The maximum atomic E-state index is 6.10. The summed E-state index contributed by atoms with van der Waals surface area (Å²) in [5, 5.41) is 7.35. The van der Waals surface area contributed by atoms with Crippen molar-refractivity contribution in [2.75, 3.05) is 26.7 Å². The van der Waals surface area contributed by atoms with Crippen LogP contribution in [-0.2, 0) is 4.74 Å². The van der Waals surface area contributed by atoms with Crippen LogP contribution in [0.5, 0.6) is 0 Å². The van der Waals surface area contributed by atoms with Crippen LogP contribution in [0, 0.1) is 11.3 Å². The number of ether oxygens (including phenoxy) is 1. The van der Waals surface area contributed by atoms with E-state index in [1.165, 1.54) is 32.1 Å². The molecule has 0 aromatic carbocycles. The maximum absolute atomic E-state index is 6.10. The minimum absolute atomic E-state index is 0.380. The molecule has 5 nitrogen and oxygen atoms in total. The highest BCUT2D eigenvalue weighted by Crippen LogP contribution is 2.60. The maximum Gasteiger partial charge on any atom is 0.191 e. The Morgan fingerprint density at radius 1 is 1.19 bits per heavy atom. The number of hydrogen-bond donors (Lipinski definition) is 2. The van der Waals surface area contributed by atoms with E-state index in [2.05, 4.69) is 48.2 Å². The van der Waals surface area contributed by atoms with Crippen LogP contribution >= 0.6 is 0 Å². The fourth-order valence-corrected chi connectivity index (χ4v) is 5.83. The van der Waals surface area contributed by atoms with Crippen LogP contribution in [0.15, 0.2) is 4.99 Å². The van der Waals surface area contributed by atoms with Crippen molar-refractivity contribution in [2.24, 2.45) is 16.3 Å². The lowest BCUT2D eigenvalue weighted by Gasteiger charge is -2.57. The second-order valence-electron chi connectivity index (χ2n) is 9.08. The lowest BCUT2D eigenvalue weighted by molar-refractivity contribution is -0.125. The van der Waals surface area contributed by atoms with Gasteiger partial charge in [0.15, 0.2) is 5.96 Å².